The third-order valence-corrected chi connectivity index (χ3v) is 2.79. The Morgan fingerprint density at radius 3 is 2.89 bits per heavy atom. The van der Waals surface area contributed by atoms with Gasteiger partial charge in [-0.15, -0.1) is 0 Å². The van der Waals surface area contributed by atoms with Crippen molar-refractivity contribution in [2.24, 2.45) is 13.0 Å². The molecule has 102 valence electrons. The summed E-state index contributed by atoms with van der Waals surface area (Å²) in [5.74, 6) is -0.191. The van der Waals surface area contributed by atoms with Crippen LogP contribution >= 0.6 is 0 Å². The largest absolute Gasteiger partial charge is 0.492 e. The predicted octanol–water partition coefficient (Wildman–Crippen LogP) is 2.09. The first-order chi connectivity index (χ1) is 8.99. The Bertz CT molecular complexity index is 604. The zero-order valence-electron chi connectivity index (χ0n) is 11.3. The smallest absolute Gasteiger partial charge is 0.341 e. The monoisotopic (exact) mass is 263 g/mol. The second-order valence-electron chi connectivity index (χ2n) is 4.88. The van der Waals surface area contributed by atoms with Crippen molar-refractivity contribution in [3.63, 3.8) is 0 Å². The highest BCUT2D eigenvalue weighted by Crippen LogP contribution is 2.28. The zero-order valence-corrected chi connectivity index (χ0v) is 11.3. The maximum Gasteiger partial charge on any atom is 0.341 e. The molecule has 0 aliphatic rings. The molecule has 0 unspecified atom stereocenters. The van der Waals surface area contributed by atoms with Crippen LogP contribution in [0.2, 0.25) is 0 Å². The molecule has 0 saturated carbocycles. The summed E-state index contributed by atoms with van der Waals surface area (Å²) < 4.78 is 7.26. The molecule has 2 aromatic heterocycles. The summed E-state index contributed by atoms with van der Waals surface area (Å²) in [5, 5.41) is 14.0. The van der Waals surface area contributed by atoms with E-state index in [4.69, 9.17) is 4.74 Å². The molecular weight excluding hydrogens is 246 g/mol. The highest BCUT2D eigenvalue weighted by Gasteiger charge is 2.18. The molecule has 1 N–H and O–H groups in total. The number of ether oxygens (including phenoxy) is 1. The number of hydrogen-bond acceptors (Lipinski definition) is 4. The van der Waals surface area contributed by atoms with Gasteiger partial charge in [0.1, 0.15) is 11.3 Å². The van der Waals surface area contributed by atoms with Gasteiger partial charge in [0.05, 0.1) is 12.0 Å². The molecule has 2 heterocycles. The van der Waals surface area contributed by atoms with Gasteiger partial charge < -0.3 is 9.84 Å². The minimum atomic E-state index is -1.04. The van der Waals surface area contributed by atoms with Crippen molar-refractivity contribution in [1.29, 1.82) is 0 Å². The number of aryl methyl sites for hydroxylation is 1. The van der Waals surface area contributed by atoms with Crippen molar-refractivity contribution < 1.29 is 14.6 Å². The van der Waals surface area contributed by atoms with Gasteiger partial charge in [-0.2, -0.15) is 5.10 Å². The van der Waals surface area contributed by atoms with E-state index in [0.29, 0.717) is 29.3 Å². The number of aromatic carboxylic acids is 1. The molecule has 0 saturated heterocycles. The number of carbonyl (C=O) groups is 1. The molecule has 0 fully saturated rings. The van der Waals surface area contributed by atoms with Gasteiger partial charge in [0.25, 0.3) is 0 Å². The Labute approximate surface area is 111 Å². The first-order valence-electron chi connectivity index (χ1n) is 6.17. The SMILES string of the molecule is CC(C)CCOc1c(C(=O)O)cnc2nn(C)cc12. The average molecular weight is 263 g/mol. The first-order valence-corrected chi connectivity index (χ1v) is 6.17. The highest BCUT2D eigenvalue weighted by molar-refractivity contribution is 5.97. The highest BCUT2D eigenvalue weighted by atomic mass is 16.5. The topological polar surface area (TPSA) is 77.2 Å². The average Bonchev–Trinajstić information content (AvgIpc) is 2.69. The first kappa shape index (κ1) is 13.3. The third kappa shape index (κ3) is 2.83. The van der Waals surface area contributed by atoms with E-state index in [9.17, 15) is 9.90 Å². The summed E-state index contributed by atoms with van der Waals surface area (Å²) in [5.41, 5.74) is 0.566. The van der Waals surface area contributed by atoms with Crippen molar-refractivity contribution in [3.8, 4) is 5.75 Å². The van der Waals surface area contributed by atoms with Crippen LogP contribution in [0.3, 0.4) is 0 Å². The number of rotatable bonds is 5. The number of pyridine rings is 1. The standard InChI is InChI=1S/C13H17N3O3/c1-8(2)4-5-19-11-9(13(17)18)6-14-12-10(11)7-16(3)15-12/h6-8H,4-5H2,1-3H3,(H,17,18). The lowest BCUT2D eigenvalue weighted by atomic mass is 10.1. The molecule has 0 atom stereocenters. The normalized spacial score (nSPS) is 11.2. The fraction of sp³-hybridized carbons (Fsp3) is 0.462. The van der Waals surface area contributed by atoms with Gasteiger partial charge in [-0.25, -0.2) is 9.78 Å². The van der Waals surface area contributed by atoms with Gasteiger partial charge in [-0.3, -0.25) is 4.68 Å². The summed E-state index contributed by atoms with van der Waals surface area (Å²) in [7, 11) is 1.76. The number of carboxylic acids is 1. The number of hydrogen-bond donors (Lipinski definition) is 1. The third-order valence-electron chi connectivity index (χ3n) is 2.79. The van der Waals surface area contributed by atoms with Crippen LogP contribution in [-0.4, -0.2) is 32.4 Å². The van der Waals surface area contributed by atoms with E-state index >= 15 is 0 Å². The minimum absolute atomic E-state index is 0.0734. The van der Waals surface area contributed by atoms with Crippen LogP contribution in [0, 0.1) is 5.92 Å². The van der Waals surface area contributed by atoms with Crippen LogP contribution in [0.25, 0.3) is 11.0 Å². The Morgan fingerprint density at radius 1 is 1.53 bits per heavy atom. The summed E-state index contributed by atoms with van der Waals surface area (Å²) in [4.78, 5) is 15.3. The molecule has 0 aliphatic heterocycles. The molecule has 0 amide bonds. The van der Waals surface area contributed by atoms with E-state index in [1.54, 1.807) is 17.9 Å². The summed E-state index contributed by atoms with van der Waals surface area (Å²) >= 11 is 0. The number of fused-ring (bicyclic) bond motifs is 1. The molecule has 0 bridgehead atoms. The van der Waals surface area contributed by atoms with Crippen LogP contribution in [0.15, 0.2) is 12.4 Å². The second kappa shape index (κ2) is 5.26. The number of nitrogens with zero attached hydrogens (tertiary/aromatic N) is 3. The van der Waals surface area contributed by atoms with E-state index in [1.807, 2.05) is 0 Å². The predicted molar refractivity (Wildman–Crippen MR) is 70.4 cm³/mol. The van der Waals surface area contributed by atoms with Gasteiger partial charge in [-0.05, 0) is 12.3 Å². The fourth-order valence-electron chi connectivity index (χ4n) is 1.77. The quantitative estimate of drug-likeness (QED) is 0.893. The van der Waals surface area contributed by atoms with Gasteiger partial charge in [0, 0.05) is 19.4 Å². The van der Waals surface area contributed by atoms with Crippen LogP contribution in [0.4, 0.5) is 0 Å². The van der Waals surface area contributed by atoms with Crippen LogP contribution in [-0.2, 0) is 7.05 Å². The summed E-state index contributed by atoms with van der Waals surface area (Å²) in [6.45, 7) is 4.66. The molecule has 19 heavy (non-hydrogen) atoms. The van der Waals surface area contributed by atoms with Crippen molar-refractivity contribution in [2.45, 2.75) is 20.3 Å². The number of carboxylic acid groups (broad SMARTS) is 1. The van der Waals surface area contributed by atoms with Gasteiger partial charge in [-0.1, -0.05) is 13.8 Å². The Balaban J connectivity index is 2.40. The Morgan fingerprint density at radius 2 is 2.26 bits per heavy atom. The molecule has 6 nitrogen and oxygen atoms in total. The zero-order chi connectivity index (χ0) is 14.0. The van der Waals surface area contributed by atoms with Crippen LogP contribution < -0.4 is 4.74 Å². The van der Waals surface area contributed by atoms with Crippen molar-refractivity contribution in [1.82, 2.24) is 14.8 Å². The minimum Gasteiger partial charge on any atom is -0.492 e. The molecule has 0 aliphatic carbocycles. The summed E-state index contributed by atoms with van der Waals surface area (Å²) in [6, 6.07) is 0. The summed E-state index contributed by atoms with van der Waals surface area (Å²) in [6.07, 6.45) is 3.88. The van der Waals surface area contributed by atoms with E-state index in [-0.39, 0.29) is 5.56 Å². The lowest BCUT2D eigenvalue weighted by Gasteiger charge is -2.10. The maximum absolute atomic E-state index is 11.2. The molecule has 2 aromatic rings. The van der Waals surface area contributed by atoms with Gasteiger partial charge in [0.2, 0.25) is 0 Å². The molecule has 6 heteroatoms. The van der Waals surface area contributed by atoms with Gasteiger partial charge in [0.15, 0.2) is 5.65 Å². The van der Waals surface area contributed by atoms with Crippen LogP contribution in [0.5, 0.6) is 5.75 Å². The van der Waals surface area contributed by atoms with E-state index in [2.05, 4.69) is 23.9 Å². The number of aromatic nitrogens is 3. The van der Waals surface area contributed by atoms with E-state index in [0.717, 1.165) is 6.42 Å². The van der Waals surface area contributed by atoms with E-state index in [1.165, 1.54) is 6.20 Å². The van der Waals surface area contributed by atoms with Crippen LogP contribution in [0.1, 0.15) is 30.6 Å². The van der Waals surface area contributed by atoms with Crippen molar-refractivity contribution in [2.75, 3.05) is 6.61 Å². The van der Waals surface area contributed by atoms with Gasteiger partial charge >= 0.3 is 5.97 Å². The second-order valence-corrected chi connectivity index (χ2v) is 4.88. The molecule has 0 radical (unpaired) electrons. The molecule has 0 aromatic carbocycles. The fourth-order valence-corrected chi connectivity index (χ4v) is 1.77. The Hall–Kier alpha value is -2.11. The maximum atomic E-state index is 11.2. The molecule has 0 spiro atoms. The lowest BCUT2D eigenvalue weighted by Crippen LogP contribution is -2.07. The van der Waals surface area contributed by atoms with Crippen molar-refractivity contribution in [3.05, 3.63) is 18.0 Å². The lowest BCUT2D eigenvalue weighted by molar-refractivity contribution is 0.0692. The van der Waals surface area contributed by atoms with E-state index < -0.39 is 5.97 Å². The van der Waals surface area contributed by atoms with Crippen molar-refractivity contribution >= 4 is 17.0 Å². The molecule has 2 rings (SSSR count). The molecular formula is C13H17N3O3. The Kier molecular flexibility index (Phi) is 3.69.